The van der Waals surface area contributed by atoms with Crippen LogP contribution in [0.5, 0.6) is 5.75 Å². The SMILES string of the molecule is CN(C)c1ccc(/N=N/S(=O)(=O)[O-])cc1.O=S(=O)(Oc1ccccc1)C(F)(F)F.[Na+]. The monoisotopic (exact) mass is 477 g/mol. The molecule has 2 aromatic carbocycles. The Morgan fingerprint density at radius 1 is 0.933 bits per heavy atom. The smallest absolute Gasteiger partial charge is 0.728 e. The molecule has 0 unspecified atom stereocenters. The second kappa shape index (κ2) is 11.6. The van der Waals surface area contributed by atoms with E-state index in [-0.39, 0.29) is 35.3 Å². The molecule has 0 bridgehead atoms. The Morgan fingerprint density at radius 2 is 1.43 bits per heavy atom. The maximum Gasteiger partial charge on any atom is 1.00 e. The van der Waals surface area contributed by atoms with Crippen LogP contribution in [0.3, 0.4) is 0 Å². The Bertz CT molecular complexity index is 1030. The standard InChI is InChI=1S/C8H11N3O3S.C7H5F3O3S.Na/c1-11(2)8-5-3-7(4-6-8)9-10-15(12,13)14;8-7(9,10)14(11,12)13-6-4-2-1-3-5-6;/h3-6H,1-2H3,(H,12,13,14);1-5H;/q;;+1/p-1/b10-9+;;. The van der Waals surface area contributed by atoms with Gasteiger partial charge >= 0.3 is 45.2 Å². The van der Waals surface area contributed by atoms with E-state index in [2.05, 4.69) is 13.8 Å². The first-order valence-corrected chi connectivity index (χ1v) is 10.2. The fraction of sp³-hybridized carbons (Fsp3) is 0.200. The molecule has 160 valence electrons. The zero-order chi connectivity index (χ0) is 22.3. The number of alkyl halides is 3. The van der Waals surface area contributed by atoms with Crippen molar-refractivity contribution in [3.05, 3.63) is 54.6 Å². The molecule has 9 nitrogen and oxygen atoms in total. The van der Waals surface area contributed by atoms with Crippen molar-refractivity contribution in [1.82, 2.24) is 0 Å². The first kappa shape index (κ1) is 28.3. The topological polar surface area (TPSA) is 129 Å². The quantitative estimate of drug-likeness (QED) is 0.198. The predicted molar refractivity (Wildman–Crippen MR) is 97.0 cm³/mol. The van der Waals surface area contributed by atoms with Gasteiger partial charge in [-0.3, -0.25) is 0 Å². The molecular formula is C15H15F3N3NaO6S2. The van der Waals surface area contributed by atoms with Crippen LogP contribution < -0.4 is 38.6 Å². The number of rotatable bonds is 5. The van der Waals surface area contributed by atoms with Crippen molar-refractivity contribution in [1.29, 1.82) is 0 Å². The first-order chi connectivity index (χ1) is 13.2. The Morgan fingerprint density at radius 3 is 1.83 bits per heavy atom. The molecule has 0 aromatic heterocycles. The third kappa shape index (κ3) is 10.4. The van der Waals surface area contributed by atoms with Crippen molar-refractivity contribution < 1.29 is 68.3 Å². The van der Waals surface area contributed by atoms with Gasteiger partial charge in [-0.25, -0.2) is 8.42 Å². The van der Waals surface area contributed by atoms with Crippen LogP contribution in [-0.2, 0) is 20.4 Å². The number of hydrogen-bond acceptors (Lipinski definition) is 8. The van der Waals surface area contributed by atoms with Gasteiger partial charge in [-0.05, 0) is 36.4 Å². The summed E-state index contributed by atoms with van der Waals surface area (Å²) in [6.45, 7) is 0. The molecule has 0 amide bonds. The van der Waals surface area contributed by atoms with Crippen LogP contribution in [0.4, 0.5) is 24.5 Å². The summed E-state index contributed by atoms with van der Waals surface area (Å²) >= 11 is 0. The minimum atomic E-state index is -5.55. The third-order valence-electron chi connectivity index (χ3n) is 2.86. The molecule has 15 heteroatoms. The summed E-state index contributed by atoms with van der Waals surface area (Å²) in [5, 5.41) is 3.28. The molecule has 0 spiro atoms. The summed E-state index contributed by atoms with van der Waals surface area (Å²) in [6.07, 6.45) is 0. The van der Waals surface area contributed by atoms with Crippen LogP contribution >= 0.6 is 0 Å². The van der Waals surface area contributed by atoms with Gasteiger partial charge < -0.3 is 13.6 Å². The molecule has 0 fully saturated rings. The van der Waals surface area contributed by atoms with E-state index in [4.69, 9.17) is 0 Å². The largest absolute Gasteiger partial charge is 1.00 e. The fourth-order valence-electron chi connectivity index (χ4n) is 1.56. The summed E-state index contributed by atoms with van der Waals surface area (Å²) in [5.41, 5.74) is -4.14. The van der Waals surface area contributed by atoms with E-state index < -0.39 is 25.9 Å². The van der Waals surface area contributed by atoms with E-state index in [1.165, 1.54) is 18.2 Å². The second-order valence-corrected chi connectivity index (χ2v) is 7.87. The normalized spacial score (nSPS) is 11.8. The summed E-state index contributed by atoms with van der Waals surface area (Å²) in [5.74, 6) is -0.371. The van der Waals surface area contributed by atoms with E-state index in [0.29, 0.717) is 5.69 Å². The number of benzene rings is 2. The van der Waals surface area contributed by atoms with Gasteiger partial charge in [0, 0.05) is 19.8 Å². The summed E-state index contributed by atoms with van der Waals surface area (Å²) in [6, 6.07) is 13.1. The molecule has 0 aliphatic rings. The molecule has 0 saturated heterocycles. The molecule has 0 radical (unpaired) electrons. The van der Waals surface area contributed by atoms with Crippen molar-refractivity contribution >= 4 is 31.8 Å². The van der Waals surface area contributed by atoms with Gasteiger partial charge in [-0.15, -0.1) is 5.11 Å². The number of nitrogens with zero attached hydrogens (tertiary/aromatic N) is 3. The van der Waals surface area contributed by atoms with E-state index in [1.807, 2.05) is 19.0 Å². The molecular weight excluding hydrogens is 462 g/mol. The molecule has 2 aromatic rings. The van der Waals surface area contributed by atoms with E-state index in [1.54, 1.807) is 24.3 Å². The molecule has 0 atom stereocenters. The molecule has 0 heterocycles. The maximum absolute atomic E-state index is 11.8. The van der Waals surface area contributed by atoms with E-state index >= 15 is 0 Å². The van der Waals surface area contributed by atoms with Gasteiger partial charge in [-0.1, -0.05) is 22.7 Å². The Labute approximate surface area is 193 Å². The second-order valence-electron chi connectivity index (χ2n) is 5.32. The van der Waals surface area contributed by atoms with Crippen molar-refractivity contribution in [3.8, 4) is 5.75 Å². The minimum absolute atomic E-state index is 0. The van der Waals surface area contributed by atoms with Crippen molar-refractivity contribution in [2.75, 3.05) is 19.0 Å². The first-order valence-electron chi connectivity index (χ1n) is 7.43. The zero-order valence-electron chi connectivity index (χ0n) is 15.9. The third-order valence-corrected chi connectivity index (χ3v) is 4.12. The minimum Gasteiger partial charge on any atom is -0.728 e. The fourth-order valence-corrected chi connectivity index (χ4v) is 2.22. The van der Waals surface area contributed by atoms with Gasteiger partial charge in [0.1, 0.15) is 5.75 Å². The Hall–Kier alpha value is -1.71. The zero-order valence-corrected chi connectivity index (χ0v) is 19.6. The number of hydrogen-bond donors (Lipinski definition) is 0. The molecule has 0 N–H and O–H groups in total. The van der Waals surface area contributed by atoms with Gasteiger partial charge in [0.2, 0.25) is 10.3 Å². The van der Waals surface area contributed by atoms with Crippen LogP contribution in [0.25, 0.3) is 0 Å². The van der Waals surface area contributed by atoms with Crippen molar-refractivity contribution in [2.24, 2.45) is 9.63 Å². The van der Waals surface area contributed by atoms with E-state index in [9.17, 15) is 34.6 Å². The van der Waals surface area contributed by atoms with Crippen LogP contribution in [0.2, 0.25) is 0 Å². The molecule has 0 saturated carbocycles. The Kier molecular flexibility index (Phi) is 11.0. The van der Waals surface area contributed by atoms with E-state index in [0.717, 1.165) is 17.8 Å². The van der Waals surface area contributed by atoms with Crippen LogP contribution in [-0.4, -0.2) is 41.0 Å². The molecule has 2 rings (SSSR count). The number of halogens is 3. The van der Waals surface area contributed by atoms with Crippen LogP contribution in [0.1, 0.15) is 0 Å². The summed E-state index contributed by atoms with van der Waals surface area (Å²) < 4.78 is 93.3. The molecule has 30 heavy (non-hydrogen) atoms. The van der Waals surface area contributed by atoms with Gasteiger partial charge in [0.15, 0.2) is 0 Å². The van der Waals surface area contributed by atoms with Crippen molar-refractivity contribution in [3.63, 3.8) is 0 Å². The predicted octanol–water partition coefficient (Wildman–Crippen LogP) is 0.216. The van der Waals surface area contributed by atoms with Gasteiger partial charge in [0.25, 0.3) is 0 Å². The van der Waals surface area contributed by atoms with Crippen molar-refractivity contribution in [2.45, 2.75) is 5.51 Å². The van der Waals surface area contributed by atoms with Gasteiger partial charge in [0.05, 0.1) is 5.69 Å². The Balaban J connectivity index is 0.000000544. The van der Waals surface area contributed by atoms with Crippen LogP contribution in [0, 0.1) is 0 Å². The average molecular weight is 477 g/mol. The maximum atomic E-state index is 11.8. The average Bonchev–Trinajstić information content (AvgIpc) is 2.60. The van der Waals surface area contributed by atoms with Gasteiger partial charge in [-0.2, -0.15) is 21.6 Å². The molecule has 0 aliphatic heterocycles. The number of para-hydroxylation sites is 1. The molecule has 0 aliphatic carbocycles. The summed E-state index contributed by atoms with van der Waals surface area (Å²) in [4.78, 5) is 1.88. The summed E-state index contributed by atoms with van der Waals surface area (Å²) in [7, 11) is -6.45. The van der Waals surface area contributed by atoms with Crippen LogP contribution in [0.15, 0.2) is 64.2 Å². The number of anilines is 1.